The second-order valence-electron chi connectivity index (χ2n) is 5.54. The Morgan fingerprint density at radius 1 is 1.29 bits per heavy atom. The van der Waals surface area contributed by atoms with E-state index in [-0.39, 0.29) is 11.7 Å². The van der Waals surface area contributed by atoms with Crippen LogP contribution < -0.4 is 0 Å². The molecule has 0 amide bonds. The number of Topliss-reactive ketones (excluding diaryl/α,β-unsaturated/α-hetero) is 1. The standard InChI is InChI=1S/C16H17BrN2O2/c1-10-7-8-11(9-13(10)17)15-18-16(21-19-15)12-5-3-2-4-6-14(12)20/h7-9,12H,2-6H2,1H3. The van der Waals surface area contributed by atoms with Crippen molar-refractivity contribution in [3.63, 3.8) is 0 Å². The third-order valence-corrected chi connectivity index (χ3v) is 4.83. The molecule has 1 aliphatic carbocycles. The number of aromatic nitrogens is 2. The van der Waals surface area contributed by atoms with Gasteiger partial charge in [0.25, 0.3) is 0 Å². The second kappa shape index (κ2) is 6.10. The molecular weight excluding hydrogens is 332 g/mol. The van der Waals surface area contributed by atoms with Gasteiger partial charge in [0.2, 0.25) is 11.7 Å². The lowest BCUT2D eigenvalue weighted by molar-refractivity contribution is -0.120. The SMILES string of the molecule is Cc1ccc(-c2noc(C3CCCCCC3=O)n2)cc1Br. The van der Waals surface area contributed by atoms with Crippen LogP contribution in [-0.2, 0) is 4.79 Å². The number of aryl methyl sites for hydroxylation is 1. The molecular formula is C16H17BrN2O2. The first kappa shape index (κ1) is 14.4. The zero-order chi connectivity index (χ0) is 14.8. The third kappa shape index (κ3) is 3.07. The number of hydrogen-bond acceptors (Lipinski definition) is 4. The van der Waals surface area contributed by atoms with Crippen molar-refractivity contribution in [2.24, 2.45) is 0 Å². The number of halogens is 1. The van der Waals surface area contributed by atoms with E-state index in [9.17, 15) is 4.79 Å². The molecule has 0 bridgehead atoms. The molecule has 1 aromatic carbocycles. The van der Waals surface area contributed by atoms with Gasteiger partial charge in [-0.25, -0.2) is 0 Å². The van der Waals surface area contributed by atoms with Crippen LogP contribution in [0.4, 0.5) is 0 Å². The Hall–Kier alpha value is -1.49. The number of nitrogens with zero attached hydrogens (tertiary/aromatic N) is 2. The summed E-state index contributed by atoms with van der Waals surface area (Å²) >= 11 is 3.51. The molecule has 110 valence electrons. The predicted molar refractivity (Wildman–Crippen MR) is 83.0 cm³/mol. The van der Waals surface area contributed by atoms with Crippen molar-refractivity contribution >= 4 is 21.7 Å². The van der Waals surface area contributed by atoms with Gasteiger partial charge >= 0.3 is 0 Å². The summed E-state index contributed by atoms with van der Waals surface area (Å²) in [6.07, 6.45) is 4.57. The molecule has 0 spiro atoms. The number of carbonyl (C=O) groups is 1. The first-order valence-electron chi connectivity index (χ1n) is 7.28. The largest absolute Gasteiger partial charge is 0.338 e. The highest BCUT2D eigenvalue weighted by Crippen LogP contribution is 2.30. The number of hydrogen-bond donors (Lipinski definition) is 0. The van der Waals surface area contributed by atoms with E-state index < -0.39 is 0 Å². The fraction of sp³-hybridized carbons (Fsp3) is 0.438. The number of rotatable bonds is 2. The maximum atomic E-state index is 12.1. The monoisotopic (exact) mass is 348 g/mol. The van der Waals surface area contributed by atoms with E-state index >= 15 is 0 Å². The maximum Gasteiger partial charge on any atom is 0.237 e. The first-order chi connectivity index (χ1) is 10.1. The highest BCUT2D eigenvalue weighted by molar-refractivity contribution is 9.10. The molecule has 0 saturated heterocycles. The van der Waals surface area contributed by atoms with Gasteiger partial charge in [0, 0.05) is 16.5 Å². The quantitative estimate of drug-likeness (QED) is 0.753. The van der Waals surface area contributed by atoms with Gasteiger partial charge in [-0.3, -0.25) is 4.79 Å². The summed E-state index contributed by atoms with van der Waals surface area (Å²) in [4.78, 5) is 16.6. The average Bonchev–Trinajstić information content (AvgIpc) is 2.85. The van der Waals surface area contributed by atoms with Crippen LogP contribution in [0.15, 0.2) is 27.2 Å². The molecule has 21 heavy (non-hydrogen) atoms. The van der Waals surface area contributed by atoms with Gasteiger partial charge in [-0.15, -0.1) is 0 Å². The summed E-state index contributed by atoms with van der Waals surface area (Å²) in [5.74, 6) is 1.02. The van der Waals surface area contributed by atoms with Gasteiger partial charge in [-0.2, -0.15) is 4.98 Å². The molecule has 1 aliphatic rings. The van der Waals surface area contributed by atoms with Crippen LogP contribution in [-0.4, -0.2) is 15.9 Å². The van der Waals surface area contributed by atoms with Crippen LogP contribution in [0, 0.1) is 6.92 Å². The van der Waals surface area contributed by atoms with Crippen molar-refractivity contribution in [3.8, 4) is 11.4 Å². The Bertz CT molecular complexity index is 666. The fourth-order valence-corrected chi connectivity index (χ4v) is 3.03. The second-order valence-corrected chi connectivity index (χ2v) is 6.39. The van der Waals surface area contributed by atoms with E-state index in [1.54, 1.807) is 0 Å². The van der Waals surface area contributed by atoms with E-state index in [0.29, 0.717) is 18.1 Å². The Kier molecular flexibility index (Phi) is 4.19. The van der Waals surface area contributed by atoms with E-state index in [2.05, 4.69) is 26.1 Å². The topological polar surface area (TPSA) is 56.0 Å². The summed E-state index contributed by atoms with van der Waals surface area (Å²) in [5.41, 5.74) is 2.05. The summed E-state index contributed by atoms with van der Waals surface area (Å²) in [6, 6.07) is 5.94. The van der Waals surface area contributed by atoms with Crippen molar-refractivity contribution in [3.05, 3.63) is 34.1 Å². The molecule has 1 aromatic heterocycles. The highest BCUT2D eigenvalue weighted by atomic mass is 79.9. The Labute approximate surface area is 132 Å². The lowest BCUT2D eigenvalue weighted by Gasteiger charge is -2.06. The van der Waals surface area contributed by atoms with Crippen LogP contribution >= 0.6 is 15.9 Å². The minimum atomic E-state index is -0.220. The molecule has 2 aromatic rings. The Morgan fingerprint density at radius 3 is 2.95 bits per heavy atom. The van der Waals surface area contributed by atoms with E-state index in [4.69, 9.17) is 4.52 Å². The Balaban J connectivity index is 1.88. The maximum absolute atomic E-state index is 12.1. The van der Waals surface area contributed by atoms with Crippen molar-refractivity contribution in [1.82, 2.24) is 10.1 Å². The molecule has 0 aliphatic heterocycles. The zero-order valence-corrected chi connectivity index (χ0v) is 13.5. The van der Waals surface area contributed by atoms with Gasteiger partial charge in [0.1, 0.15) is 5.78 Å². The van der Waals surface area contributed by atoms with Crippen molar-refractivity contribution in [1.29, 1.82) is 0 Å². The molecule has 3 rings (SSSR count). The molecule has 5 heteroatoms. The minimum absolute atomic E-state index is 0.220. The molecule has 1 unspecified atom stereocenters. The lowest BCUT2D eigenvalue weighted by Crippen LogP contribution is -2.10. The van der Waals surface area contributed by atoms with Gasteiger partial charge in [-0.1, -0.05) is 46.1 Å². The number of benzene rings is 1. The summed E-state index contributed by atoms with van der Waals surface area (Å²) in [6.45, 7) is 2.03. The van der Waals surface area contributed by atoms with E-state index in [0.717, 1.165) is 41.3 Å². The van der Waals surface area contributed by atoms with E-state index in [1.165, 1.54) is 0 Å². The molecule has 1 heterocycles. The third-order valence-electron chi connectivity index (χ3n) is 3.97. The van der Waals surface area contributed by atoms with Crippen molar-refractivity contribution in [2.45, 2.75) is 44.9 Å². The normalized spacial score (nSPS) is 19.5. The van der Waals surface area contributed by atoms with Crippen LogP contribution in [0.3, 0.4) is 0 Å². The van der Waals surface area contributed by atoms with Crippen LogP contribution in [0.1, 0.15) is 49.5 Å². The van der Waals surface area contributed by atoms with Crippen LogP contribution in [0.2, 0.25) is 0 Å². The molecule has 1 saturated carbocycles. The van der Waals surface area contributed by atoms with Gasteiger partial charge in [-0.05, 0) is 31.4 Å². The average molecular weight is 349 g/mol. The van der Waals surface area contributed by atoms with Gasteiger partial charge < -0.3 is 4.52 Å². The highest BCUT2D eigenvalue weighted by Gasteiger charge is 2.27. The Morgan fingerprint density at radius 2 is 2.14 bits per heavy atom. The van der Waals surface area contributed by atoms with Crippen molar-refractivity contribution in [2.75, 3.05) is 0 Å². The zero-order valence-electron chi connectivity index (χ0n) is 11.9. The van der Waals surface area contributed by atoms with E-state index in [1.807, 2.05) is 25.1 Å². The number of carbonyl (C=O) groups excluding carboxylic acids is 1. The van der Waals surface area contributed by atoms with Crippen LogP contribution in [0.5, 0.6) is 0 Å². The summed E-state index contributed by atoms with van der Waals surface area (Å²) < 4.78 is 6.37. The molecule has 0 radical (unpaired) electrons. The molecule has 1 atom stereocenters. The van der Waals surface area contributed by atoms with Gasteiger partial charge in [0.05, 0.1) is 5.92 Å². The molecule has 0 N–H and O–H groups in total. The van der Waals surface area contributed by atoms with Gasteiger partial charge in [0.15, 0.2) is 0 Å². The van der Waals surface area contributed by atoms with Crippen LogP contribution in [0.25, 0.3) is 11.4 Å². The predicted octanol–water partition coefficient (Wildman–Crippen LogP) is 4.42. The molecule has 1 fully saturated rings. The first-order valence-corrected chi connectivity index (χ1v) is 8.07. The van der Waals surface area contributed by atoms with Crippen molar-refractivity contribution < 1.29 is 9.32 Å². The summed E-state index contributed by atoms with van der Waals surface area (Å²) in [5, 5.41) is 4.04. The minimum Gasteiger partial charge on any atom is -0.338 e. The lowest BCUT2D eigenvalue weighted by atomic mass is 9.99. The summed E-state index contributed by atoms with van der Waals surface area (Å²) in [7, 11) is 0. The fourth-order valence-electron chi connectivity index (χ4n) is 2.65. The smallest absolute Gasteiger partial charge is 0.237 e. The molecule has 4 nitrogen and oxygen atoms in total. The number of ketones is 1.